The fourth-order valence-electron chi connectivity index (χ4n) is 2.04. The standard InChI is InChI=1S/C10H20N2O2/c1-10(2)6-8(7-12-10)4-3-5-14-9(11)13/h8,12H,3-7H2,1-2H3,(H2,11,13). The third kappa shape index (κ3) is 3.96. The summed E-state index contributed by atoms with van der Waals surface area (Å²) in [5.74, 6) is 0.710. The van der Waals surface area contributed by atoms with Crippen LogP contribution in [0.5, 0.6) is 0 Å². The van der Waals surface area contributed by atoms with Crippen LogP contribution >= 0.6 is 0 Å². The van der Waals surface area contributed by atoms with Crippen molar-refractivity contribution >= 4 is 6.09 Å². The number of carbonyl (C=O) groups excluding carboxylic acids is 1. The van der Waals surface area contributed by atoms with Gasteiger partial charge in [0.25, 0.3) is 0 Å². The van der Waals surface area contributed by atoms with Gasteiger partial charge in [0.05, 0.1) is 6.61 Å². The number of ether oxygens (including phenoxy) is 1. The van der Waals surface area contributed by atoms with E-state index in [4.69, 9.17) is 5.73 Å². The molecule has 1 unspecified atom stereocenters. The quantitative estimate of drug-likeness (QED) is 0.671. The van der Waals surface area contributed by atoms with Gasteiger partial charge in [0.2, 0.25) is 0 Å². The monoisotopic (exact) mass is 200 g/mol. The van der Waals surface area contributed by atoms with Gasteiger partial charge in [0.1, 0.15) is 0 Å². The topological polar surface area (TPSA) is 64.3 Å². The molecular formula is C10H20N2O2. The zero-order chi connectivity index (χ0) is 10.6. The first-order valence-corrected chi connectivity index (χ1v) is 5.17. The Morgan fingerprint density at radius 2 is 2.36 bits per heavy atom. The minimum atomic E-state index is -0.671. The summed E-state index contributed by atoms with van der Waals surface area (Å²) in [6.45, 7) is 5.95. The van der Waals surface area contributed by atoms with E-state index in [2.05, 4.69) is 23.9 Å². The summed E-state index contributed by atoms with van der Waals surface area (Å²) in [5.41, 5.74) is 5.13. The van der Waals surface area contributed by atoms with Gasteiger partial charge in [-0.3, -0.25) is 0 Å². The summed E-state index contributed by atoms with van der Waals surface area (Å²) in [5, 5.41) is 3.46. The number of primary amides is 1. The number of hydrogen-bond donors (Lipinski definition) is 2. The Balaban J connectivity index is 2.06. The third-order valence-electron chi connectivity index (χ3n) is 2.67. The average molecular weight is 200 g/mol. The Morgan fingerprint density at radius 1 is 1.64 bits per heavy atom. The summed E-state index contributed by atoms with van der Waals surface area (Å²) in [6.07, 6.45) is 2.54. The van der Waals surface area contributed by atoms with Crippen LogP contribution in [0.4, 0.5) is 4.79 Å². The van der Waals surface area contributed by atoms with Crippen molar-refractivity contribution < 1.29 is 9.53 Å². The van der Waals surface area contributed by atoms with Crippen LogP contribution in [-0.2, 0) is 4.74 Å². The van der Waals surface area contributed by atoms with E-state index in [0.29, 0.717) is 12.5 Å². The highest BCUT2D eigenvalue weighted by molar-refractivity contribution is 5.64. The van der Waals surface area contributed by atoms with Gasteiger partial charge < -0.3 is 15.8 Å². The van der Waals surface area contributed by atoms with Gasteiger partial charge in [-0.1, -0.05) is 0 Å². The maximum atomic E-state index is 10.3. The molecule has 0 aromatic rings. The van der Waals surface area contributed by atoms with Gasteiger partial charge in [0, 0.05) is 5.54 Å². The Morgan fingerprint density at radius 3 is 2.86 bits per heavy atom. The molecule has 0 bridgehead atoms. The van der Waals surface area contributed by atoms with Gasteiger partial charge in [0.15, 0.2) is 0 Å². The molecule has 1 rings (SSSR count). The number of hydrogen-bond acceptors (Lipinski definition) is 3. The Bertz CT molecular complexity index is 204. The maximum absolute atomic E-state index is 10.3. The minimum Gasteiger partial charge on any atom is -0.450 e. The van der Waals surface area contributed by atoms with E-state index < -0.39 is 6.09 Å². The molecule has 1 aliphatic heterocycles. The summed E-state index contributed by atoms with van der Waals surface area (Å²) >= 11 is 0. The SMILES string of the molecule is CC1(C)CC(CCCOC(N)=O)CN1. The van der Waals surface area contributed by atoms with E-state index in [-0.39, 0.29) is 5.54 Å². The largest absolute Gasteiger partial charge is 0.450 e. The Labute approximate surface area is 85.2 Å². The van der Waals surface area contributed by atoms with E-state index in [1.54, 1.807) is 0 Å². The highest BCUT2D eigenvalue weighted by Gasteiger charge is 2.29. The zero-order valence-electron chi connectivity index (χ0n) is 9.01. The molecule has 0 aromatic heterocycles. The van der Waals surface area contributed by atoms with Gasteiger partial charge in [-0.25, -0.2) is 4.79 Å². The van der Waals surface area contributed by atoms with Crippen LogP contribution in [0.25, 0.3) is 0 Å². The second kappa shape index (κ2) is 4.64. The predicted molar refractivity (Wildman–Crippen MR) is 55.0 cm³/mol. The molecule has 1 aliphatic rings. The fourth-order valence-corrected chi connectivity index (χ4v) is 2.04. The van der Waals surface area contributed by atoms with Gasteiger partial charge >= 0.3 is 6.09 Å². The molecule has 1 heterocycles. The lowest BCUT2D eigenvalue weighted by Crippen LogP contribution is -2.31. The second-order valence-corrected chi connectivity index (χ2v) is 4.64. The van der Waals surface area contributed by atoms with Crippen LogP contribution in [0, 0.1) is 5.92 Å². The van der Waals surface area contributed by atoms with Crippen LogP contribution in [-0.4, -0.2) is 24.8 Å². The van der Waals surface area contributed by atoms with Crippen molar-refractivity contribution in [3.8, 4) is 0 Å². The molecule has 4 nitrogen and oxygen atoms in total. The van der Waals surface area contributed by atoms with Crippen molar-refractivity contribution in [2.45, 2.75) is 38.6 Å². The van der Waals surface area contributed by atoms with Crippen molar-refractivity contribution in [3.05, 3.63) is 0 Å². The average Bonchev–Trinajstić information content (AvgIpc) is 2.39. The molecule has 0 spiro atoms. The molecule has 0 aromatic carbocycles. The lowest BCUT2D eigenvalue weighted by molar-refractivity contribution is 0.152. The molecule has 3 N–H and O–H groups in total. The van der Waals surface area contributed by atoms with Crippen LogP contribution < -0.4 is 11.1 Å². The highest BCUT2D eigenvalue weighted by atomic mass is 16.5. The molecule has 82 valence electrons. The van der Waals surface area contributed by atoms with E-state index in [9.17, 15) is 4.79 Å². The second-order valence-electron chi connectivity index (χ2n) is 4.64. The lowest BCUT2D eigenvalue weighted by atomic mass is 9.94. The lowest BCUT2D eigenvalue weighted by Gasteiger charge is -2.17. The number of rotatable bonds is 4. The normalized spacial score (nSPS) is 24.9. The molecule has 14 heavy (non-hydrogen) atoms. The van der Waals surface area contributed by atoms with Crippen molar-refractivity contribution in [1.82, 2.24) is 5.32 Å². The fraction of sp³-hybridized carbons (Fsp3) is 0.900. The molecule has 0 aliphatic carbocycles. The van der Waals surface area contributed by atoms with Crippen molar-refractivity contribution in [3.63, 3.8) is 0 Å². The van der Waals surface area contributed by atoms with Crippen molar-refractivity contribution in [2.24, 2.45) is 11.7 Å². The summed E-state index contributed by atoms with van der Waals surface area (Å²) in [4.78, 5) is 10.3. The van der Waals surface area contributed by atoms with Crippen LogP contribution in [0.1, 0.15) is 33.1 Å². The predicted octanol–water partition coefficient (Wildman–Crippen LogP) is 1.25. The first-order chi connectivity index (χ1) is 6.49. The Hall–Kier alpha value is -0.770. The van der Waals surface area contributed by atoms with Gasteiger partial charge in [-0.2, -0.15) is 0 Å². The van der Waals surface area contributed by atoms with E-state index in [1.807, 2.05) is 0 Å². The van der Waals surface area contributed by atoms with Crippen molar-refractivity contribution in [2.75, 3.05) is 13.2 Å². The minimum absolute atomic E-state index is 0.273. The first kappa shape index (κ1) is 11.3. The molecule has 1 saturated heterocycles. The number of amides is 1. The number of carbonyl (C=O) groups is 1. The Kier molecular flexibility index (Phi) is 3.75. The van der Waals surface area contributed by atoms with E-state index in [0.717, 1.165) is 19.4 Å². The summed E-state index contributed by atoms with van der Waals surface area (Å²) < 4.78 is 4.67. The van der Waals surface area contributed by atoms with Crippen LogP contribution in [0.3, 0.4) is 0 Å². The third-order valence-corrected chi connectivity index (χ3v) is 2.67. The molecule has 1 amide bonds. The maximum Gasteiger partial charge on any atom is 0.404 e. The molecular weight excluding hydrogens is 180 g/mol. The van der Waals surface area contributed by atoms with Gasteiger partial charge in [-0.05, 0) is 45.6 Å². The van der Waals surface area contributed by atoms with Gasteiger partial charge in [-0.15, -0.1) is 0 Å². The van der Waals surface area contributed by atoms with Crippen LogP contribution in [0.15, 0.2) is 0 Å². The summed E-state index contributed by atoms with van der Waals surface area (Å²) in [6, 6.07) is 0. The zero-order valence-corrected chi connectivity index (χ0v) is 9.01. The van der Waals surface area contributed by atoms with E-state index in [1.165, 1.54) is 6.42 Å². The number of nitrogens with two attached hydrogens (primary N) is 1. The first-order valence-electron chi connectivity index (χ1n) is 5.17. The van der Waals surface area contributed by atoms with Crippen molar-refractivity contribution in [1.29, 1.82) is 0 Å². The smallest absolute Gasteiger partial charge is 0.404 e. The highest BCUT2D eigenvalue weighted by Crippen LogP contribution is 2.26. The van der Waals surface area contributed by atoms with E-state index >= 15 is 0 Å². The molecule has 4 heteroatoms. The molecule has 0 radical (unpaired) electrons. The molecule has 1 fully saturated rings. The summed E-state index contributed by atoms with van der Waals surface area (Å²) in [7, 11) is 0. The molecule has 0 saturated carbocycles. The molecule has 1 atom stereocenters. The van der Waals surface area contributed by atoms with Crippen LogP contribution in [0.2, 0.25) is 0 Å². The number of nitrogens with one attached hydrogen (secondary N) is 1.